The van der Waals surface area contributed by atoms with Gasteiger partial charge in [-0.3, -0.25) is 0 Å². The molecule has 1 aromatic carbocycles. The Labute approximate surface area is 160 Å². The number of benzene rings is 1. The number of aromatic amines is 1. The lowest BCUT2D eigenvalue weighted by molar-refractivity contribution is -0.137. The summed E-state index contributed by atoms with van der Waals surface area (Å²) < 4.78 is 53.4. The summed E-state index contributed by atoms with van der Waals surface area (Å²) >= 11 is 0. The van der Waals surface area contributed by atoms with Gasteiger partial charge in [-0.25, -0.2) is 9.97 Å². The largest absolute Gasteiger partial charge is 0.419 e. The number of hydrogen-bond donors (Lipinski definition) is 2. The van der Waals surface area contributed by atoms with Crippen LogP contribution in [0, 0.1) is 5.92 Å². The number of fused-ring (bicyclic) bond motifs is 1. The van der Waals surface area contributed by atoms with Crippen LogP contribution in [-0.2, 0) is 10.7 Å². The quantitative estimate of drug-likeness (QED) is 0.600. The molecule has 0 radical (unpaired) electrons. The molecule has 9 heteroatoms. The molecule has 1 aliphatic rings. The summed E-state index contributed by atoms with van der Waals surface area (Å²) in [6.45, 7) is 3.92. The van der Waals surface area contributed by atoms with Gasteiger partial charge in [0.2, 0.25) is 5.95 Å². The number of rotatable bonds is 5. The maximum absolute atomic E-state index is 13.6. The van der Waals surface area contributed by atoms with Gasteiger partial charge in [0.1, 0.15) is 12.7 Å². The third kappa shape index (κ3) is 3.65. The van der Waals surface area contributed by atoms with Crippen molar-refractivity contribution in [3.05, 3.63) is 36.2 Å². The van der Waals surface area contributed by atoms with E-state index in [1.165, 1.54) is 6.20 Å². The third-order valence-corrected chi connectivity index (χ3v) is 6.40. The third-order valence-electron chi connectivity index (χ3n) is 4.87. The molecule has 1 fully saturated rings. The van der Waals surface area contributed by atoms with Crippen LogP contribution >= 0.6 is 7.14 Å². The molecule has 0 saturated heterocycles. The predicted molar refractivity (Wildman–Crippen MR) is 105 cm³/mol. The molecule has 0 amide bonds. The second-order valence-electron chi connectivity index (χ2n) is 7.53. The van der Waals surface area contributed by atoms with E-state index < -0.39 is 18.9 Å². The van der Waals surface area contributed by atoms with Crippen molar-refractivity contribution in [2.75, 3.05) is 25.2 Å². The van der Waals surface area contributed by atoms with E-state index in [1.807, 2.05) is 0 Å². The summed E-state index contributed by atoms with van der Waals surface area (Å²) in [4.78, 5) is 11.0. The molecule has 4 rings (SSSR count). The highest BCUT2D eigenvalue weighted by atomic mass is 31.2. The number of H-pyrrole nitrogens is 1. The standard InChI is InChI=1S/C19H20F3N4OP/c1-28(2,27)15-5-3-4-12-13(9-23-17(12)15)16-14(19(20,21)22)10-25-18(26-16)24-8-11-6-7-11/h3-5,9-11,23H,6-8H2,1-2H3,(H,24,25,26). The molecule has 148 valence electrons. The number of alkyl halides is 3. The van der Waals surface area contributed by atoms with E-state index in [2.05, 4.69) is 20.3 Å². The van der Waals surface area contributed by atoms with Crippen LogP contribution in [-0.4, -0.2) is 34.8 Å². The molecule has 1 saturated carbocycles. The van der Waals surface area contributed by atoms with Gasteiger partial charge in [0, 0.05) is 35.2 Å². The minimum Gasteiger partial charge on any atom is -0.360 e. The first-order valence-corrected chi connectivity index (χ1v) is 11.6. The smallest absolute Gasteiger partial charge is 0.360 e. The zero-order valence-corrected chi connectivity index (χ0v) is 16.4. The number of aromatic nitrogens is 3. The van der Waals surface area contributed by atoms with Crippen LogP contribution in [0.4, 0.5) is 19.1 Å². The first-order valence-electron chi connectivity index (χ1n) is 8.98. The van der Waals surface area contributed by atoms with Crippen molar-refractivity contribution in [2.24, 2.45) is 5.92 Å². The Hall–Kier alpha value is -2.34. The fraction of sp³-hybridized carbons (Fsp3) is 0.368. The number of nitrogens with zero attached hydrogens (tertiary/aromatic N) is 2. The van der Waals surface area contributed by atoms with Crippen molar-refractivity contribution in [1.29, 1.82) is 0 Å². The number of anilines is 1. The maximum atomic E-state index is 13.6. The summed E-state index contributed by atoms with van der Waals surface area (Å²) in [5, 5.41) is 4.18. The lowest BCUT2D eigenvalue weighted by Crippen LogP contribution is -2.13. The van der Waals surface area contributed by atoms with Crippen molar-refractivity contribution < 1.29 is 17.7 Å². The van der Waals surface area contributed by atoms with Crippen LogP contribution in [0.15, 0.2) is 30.6 Å². The van der Waals surface area contributed by atoms with E-state index in [9.17, 15) is 17.7 Å². The maximum Gasteiger partial charge on any atom is 0.419 e. The van der Waals surface area contributed by atoms with Crippen LogP contribution in [0.1, 0.15) is 18.4 Å². The van der Waals surface area contributed by atoms with Gasteiger partial charge in [-0.1, -0.05) is 12.1 Å². The molecule has 1 aliphatic carbocycles. The van der Waals surface area contributed by atoms with Gasteiger partial charge in [-0.2, -0.15) is 13.2 Å². The predicted octanol–water partition coefficient (Wildman–Crippen LogP) is 4.71. The van der Waals surface area contributed by atoms with Gasteiger partial charge < -0.3 is 14.9 Å². The number of hydrogen-bond acceptors (Lipinski definition) is 4. The van der Waals surface area contributed by atoms with Crippen LogP contribution in [0.5, 0.6) is 0 Å². The fourth-order valence-electron chi connectivity index (χ4n) is 3.22. The molecule has 28 heavy (non-hydrogen) atoms. The fourth-order valence-corrected chi connectivity index (χ4v) is 4.39. The first-order chi connectivity index (χ1) is 13.1. The summed E-state index contributed by atoms with van der Waals surface area (Å²) in [5.41, 5.74) is -0.197. The van der Waals surface area contributed by atoms with Crippen molar-refractivity contribution in [3.63, 3.8) is 0 Å². The summed E-state index contributed by atoms with van der Waals surface area (Å²) in [6.07, 6.45) is -0.0488. The molecular formula is C19H20F3N4OP. The molecule has 2 aromatic heterocycles. The van der Waals surface area contributed by atoms with Crippen molar-refractivity contribution in [2.45, 2.75) is 19.0 Å². The van der Waals surface area contributed by atoms with Crippen molar-refractivity contribution in [3.8, 4) is 11.3 Å². The summed E-state index contributed by atoms with van der Waals surface area (Å²) in [7, 11) is -2.61. The Morgan fingerprint density at radius 2 is 2.04 bits per heavy atom. The first kappa shape index (κ1) is 19.0. The Balaban J connectivity index is 1.87. The van der Waals surface area contributed by atoms with Gasteiger partial charge in [0.15, 0.2) is 0 Å². The SMILES string of the molecule is CP(C)(=O)c1cccc2c(-c3nc(NCC4CC4)ncc3C(F)(F)F)c[nH]c12. The monoisotopic (exact) mass is 408 g/mol. The Morgan fingerprint density at radius 3 is 2.68 bits per heavy atom. The van der Waals surface area contributed by atoms with Crippen molar-refractivity contribution in [1.82, 2.24) is 15.0 Å². The molecule has 2 N–H and O–H groups in total. The van der Waals surface area contributed by atoms with E-state index >= 15 is 0 Å². The van der Waals surface area contributed by atoms with Crippen LogP contribution in [0.25, 0.3) is 22.2 Å². The van der Waals surface area contributed by atoms with Gasteiger partial charge in [-0.15, -0.1) is 0 Å². The number of halogens is 3. The summed E-state index contributed by atoms with van der Waals surface area (Å²) in [5.74, 6) is 0.713. The second kappa shape index (κ2) is 6.62. The highest BCUT2D eigenvalue weighted by Crippen LogP contribution is 2.41. The van der Waals surface area contributed by atoms with E-state index in [0.29, 0.717) is 34.2 Å². The highest BCUT2D eigenvalue weighted by molar-refractivity contribution is 7.70. The lowest BCUT2D eigenvalue weighted by atomic mass is 10.1. The van der Waals surface area contributed by atoms with Crippen LogP contribution in [0.2, 0.25) is 0 Å². The van der Waals surface area contributed by atoms with E-state index in [1.54, 1.807) is 31.5 Å². The molecule has 0 spiro atoms. The topological polar surface area (TPSA) is 70.7 Å². The average molecular weight is 408 g/mol. The molecule has 0 bridgehead atoms. The zero-order valence-electron chi connectivity index (χ0n) is 15.5. The number of nitrogens with one attached hydrogen (secondary N) is 2. The van der Waals surface area contributed by atoms with E-state index in [0.717, 1.165) is 19.0 Å². The minimum absolute atomic E-state index is 0.178. The molecule has 5 nitrogen and oxygen atoms in total. The molecule has 0 unspecified atom stereocenters. The van der Waals surface area contributed by atoms with Crippen molar-refractivity contribution >= 4 is 29.3 Å². The molecule has 0 atom stereocenters. The van der Waals surface area contributed by atoms with Crippen LogP contribution < -0.4 is 10.6 Å². The van der Waals surface area contributed by atoms with Gasteiger partial charge in [0.05, 0.1) is 11.2 Å². The highest BCUT2D eigenvalue weighted by Gasteiger charge is 2.36. The molecule has 2 heterocycles. The Bertz CT molecular complexity index is 1080. The van der Waals surface area contributed by atoms with E-state index in [-0.39, 0.29) is 11.6 Å². The Morgan fingerprint density at radius 1 is 1.29 bits per heavy atom. The number of para-hydroxylation sites is 1. The van der Waals surface area contributed by atoms with Gasteiger partial charge in [0.25, 0.3) is 0 Å². The Kier molecular flexibility index (Phi) is 4.49. The van der Waals surface area contributed by atoms with Gasteiger partial charge in [-0.05, 0) is 38.2 Å². The minimum atomic E-state index is -4.59. The normalized spacial score (nSPS) is 15.2. The van der Waals surface area contributed by atoms with Gasteiger partial charge >= 0.3 is 6.18 Å². The van der Waals surface area contributed by atoms with Crippen LogP contribution in [0.3, 0.4) is 0 Å². The second-order valence-corrected chi connectivity index (χ2v) is 10.7. The zero-order chi connectivity index (χ0) is 20.1. The molecule has 0 aliphatic heterocycles. The van der Waals surface area contributed by atoms with E-state index in [4.69, 9.17) is 0 Å². The lowest BCUT2D eigenvalue weighted by Gasteiger charge is -2.13. The summed E-state index contributed by atoms with van der Waals surface area (Å²) in [6, 6.07) is 5.14. The molecule has 3 aromatic rings. The molecular weight excluding hydrogens is 388 g/mol. The average Bonchev–Trinajstić information content (AvgIpc) is 3.34.